The van der Waals surface area contributed by atoms with Crippen molar-refractivity contribution in [1.29, 1.82) is 5.41 Å². The summed E-state index contributed by atoms with van der Waals surface area (Å²) in [4.78, 5) is 22.8. The van der Waals surface area contributed by atoms with Gasteiger partial charge in [-0.15, -0.1) is 0 Å². The summed E-state index contributed by atoms with van der Waals surface area (Å²) >= 11 is 0. The molecule has 9 nitrogen and oxygen atoms in total. The van der Waals surface area contributed by atoms with E-state index < -0.39 is 17.0 Å². The van der Waals surface area contributed by atoms with Crippen molar-refractivity contribution in [1.82, 2.24) is 21.4 Å². The third-order valence-corrected chi connectivity index (χ3v) is 4.29. The van der Waals surface area contributed by atoms with E-state index in [2.05, 4.69) is 29.8 Å². The Bertz CT molecular complexity index is 699. The molecule has 0 fully saturated rings. The number of benzene rings is 1. The number of hydrogen-bond donors (Lipinski definition) is 5. The van der Waals surface area contributed by atoms with Crippen molar-refractivity contribution in [2.45, 2.75) is 52.6 Å². The summed E-state index contributed by atoms with van der Waals surface area (Å²) in [6.07, 6.45) is 1.88. The number of halogens is 1. The molecule has 0 aliphatic carbocycles. The third-order valence-electron chi connectivity index (χ3n) is 4.29. The Hall–Kier alpha value is -2.75. The van der Waals surface area contributed by atoms with Gasteiger partial charge in [0.25, 0.3) is 5.96 Å². The highest BCUT2D eigenvalue weighted by molar-refractivity contribution is 5.81. The number of nitrogens with zero attached hydrogens (tertiary/aromatic N) is 1. The van der Waals surface area contributed by atoms with E-state index in [1.165, 1.54) is 6.07 Å². The van der Waals surface area contributed by atoms with Crippen LogP contribution in [-0.2, 0) is 11.3 Å². The molecule has 1 rings (SSSR count). The molecule has 0 aromatic heterocycles. The number of rotatable bonds is 12. The van der Waals surface area contributed by atoms with Gasteiger partial charge >= 0.3 is 0 Å². The number of amides is 1. The van der Waals surface area contributed by atoms with Crippen LogP contribution in [0.1, 0.15) is 44.2 Å². The van der Waals surface area contributed by atoms with Crippen molar-refractivity contribution in [3.05, 3.63) is 45.3 Å². The van der Waals surface area contributed by atoms with Crippen LogP contribution in [0.2, 0.25) is 0 Å². The minimum atomic E-state index is -0.813. The van der Waals surface area contributed by atoms with Crippen molar-refractivity contribution in [3.63, 3.8) is 0 Å². The van der Waals surface area contributed by atoms with E-state index in [9.17, 15) is 19.3 Å². The molecule has 0 saturated carbocycles. The van der Waals surface area contributed by atoms with Gasteiger partial charge in [-0.3, -0.25) is 10.2 Å². The van der Waals surface area contributed by atoms with Crippen molar-refractivity contribution in [2.75, 3.05) is 13.1 Å². The molecular formula is C19H31FN6O3. The second-order valence-corrected chi connectivity index (χ2v) is 7.30. The molecular weight excluding hydrogens is 379 g/mol. The monoisotopic (exact) mass is 410 g/mol. The molecule has 1 aromatic rings. The van der Waals surface area contributed by atoms with E-state index in [4.69, 9.17) is 5.41 Å². The fraction of sp³-hybridized carbons (Fsp3) is 0.579. The number of guanidine groups is 1. The van der Waals surface area contributed by atoms with E-state index in [0.717, 1.165) is 12.0 Å². The molecule has 0 saturated heterocycles. The quantitative estimate of drug-likeness (QED) is 0.117. The number of carbonyl (C=O) groups excluding carboxylic acids is 1. The minimum absolute atomic E-state index is 0.122. The lowest BCUT2D eigenvalue weighted by atomic mass is 10.1. The molecule has 1 aromatic carbocycles. The van der Waals surface area contributed by atoms with Crippen molar-refractivity contribution in [3.8, 4) is 0 Å². The van der Waals surface area contributed by atoms with Crippen molar-refractivity contribution in [2.24, 2.45) is 5.92 Å². The van der Waals surface area contributed by atoms with Crippen LogP contribution < -0.4 is 21.4 Å². The Balaban J connectivity index is 2.57. The van der Waals surface area contributed by atoms with Gasteiger partial charge in [-0.25, -0.2) is 14.5 Å². The second-order valence-electron chi connectivity index (χ2n) is 7.30. The summed E-state index contributed by atoms with van der Waals surface area (Å²) in [5, 5.41) is 25.5. The molecule has 0 bridgehead atoms. The smallest absolute Gasteiger partial charge is 0.251 e. The lowest BCUT2D eigenvalue weighted by Crippen LogP contribution is -2.45. The summed E-state index contributed by atoms with van der Waals surface area (Å²) < 4.78 is 13.4. The molecule has 29 heavy (non-hydrogen) atoms. The topological polar surface area (TPSA) is 132 Å². The van der Waals surface area contributed by atoms with E-state index in [1.807, 2.05) is 0 Å². The van der Waals surface area contributed by atoms with E-state index in [0.29, 0.717) is 44.0 Å². The standard InChI is InChI=1S/C19H31FN6O3/c1-13(2)8-10-22-18(27)17(5-4-9-23-19(21)25-26(28)29)24-12-15-6-7-16(20)14(3)11-15/h6-7,11,13,17,24H,4-5,8-10,12H2,1-3H3,(H,22,27)(H3,21,23,25)/t17-/m0/s1. The van der Waals surface area contributed by atoms with E-state index in [1.54, 1.807) is 24.5 Å². The zero-order valence-electron chi connectivity index (χ0n) is 17.2. The van der Waals surface area contributed by atoms with Gasteiger partial charge in [0.15, 0.2) is 5.03 Å². The van der Waals surface area contributed by atoms with Crippen LogP contribution in [0.25, 0.3) is 0 Å². The highest BCUT2D eigenvalue weighted by atomic mass is 19.1. The SMILES string of the molecule is Cc1cc(CN[C@@H](CCCNC(=N)N[N+](=O)[O-])C(=O)NCCC(C)C)ccc1F. The van der Waals surface area contributed by atoms with Crippen LogP contribution in [0.5, 0.6) is 0 Å². The first-order valence-corrected chi connectivity index (χ1v) is 9.68. The normalized spacial score (nSPS) is 11.8. The number of carbonyl (C=O) groups is 1. The predicted molar refractivity (Wildman–Crippen MR) is 109 cm³/mol. The largest absolute Gasteiger partial charge is 0.355 e. The summed E-state index contributed by atoms with van der Waals surface area (Å²) in [5.41, 5.74) is 3.14. The number of nitrogens with one attached hydrogen (secondary N) is 5. The second kappa shape index (κ2) is 12.7. The molecule has 0 aliphatic rings. The van der Waals surface area contributed by atoms with Crippen molar-refractivity contribution >= 4 is 11.9 Å². The summed E-state index contributed by atoms with van der Waals surface area (Å²) in [7, 11) is 0. The van der Waals surface area contributed by atoms with E-state index in [-0.39, 0.29) is 11.7 Å². The Morgan fingerprint density at radius 2 is 1.97 bits per heavy atom. The maximum absolute atomic E-state index is 13.4. The highest BCUT2D eigenvalue weighted by Gasteiger charge is 2.17. The van der Waals surface area contributed by atoms with Gasteiger partial charge < -0.3 is 16.0 Å². The average molecular weight is 410 g/mol. The fourth-order valence-electron chi connectivity index (χ4n) is 2.64. The molecule has 0 heterocycles. The van der Waals surface area contributed by atoms with Crippen LogP contribution in [-0.4, -0.2) is 36.0 Å². The van der Waals surface area contributed by atoms with Crippen LogP contribution >= 0.6 is 0 Å². The molecule has 0 unspecified atom stereocenters. The average Bonchev–Trinajstić information content (AvgIpc) is 2.62. The highest BCUT2D eigenvalue weighted by Crippen LogP contribution is 2.10. The zero-order chi connectivity index (χ0) is 21.8. The molecule has 162 valence electrons. The van der Waals surface area contributed by atoms with Gasteiger partial charge in [0.2, 0.25) is 5.91 Å². The van der Waals surface area contributed by atoms with E-state index >= 15 is 0 Å². The molecule has 0 radical (unpaired) electrons. The van der Waals surface area contributed by atoms with Crippen LogP contribution in [0.15, 0.2) is 18.2 Å². The molecule has 1 amide bonds. The zero-order valence-corrected chi connectivity index (χ0v) is 17.2. The van der Waals surface area contributed by atoms with Crippen LogP contribution in [0.3, 0.4) is 0 Å². The van der Waals surface area contributed by atoms with Crippen LogP contribution in [0.4, 0.5) is 4.39 Å². The summed E-state index contributed by atoms with van der Waals surface area (Å²) in [5.74, 6) is -0.313. The first kappa shape index (κ1) is 24.3. The first-order valence-electron chi connectivity index (χ1n) is 9.68. The summed E-state index contributed by atoms with van der Waals surface area (Å²) in [6.45, 7) is 7.16. The molecule has 0 aliphatic heterocycles. The fourth-order valence-corrected chi connectivity index (χ4v) is 2.64. The van der Waals surface area contributed by atoms with Gasteiger partial charge in [0.05, 0.1) is 6.04 Å². The Labute approximate surface area is 170 Å². The Morgan fingerprint density at radius 3 is 2.59 bits per heavy atom. The van der Waals surface area contributed by atoms with Crippen LogP contribution in [0, 0.1) is 34.2 Å². The maximum atomic E-state index is 13.4. The number of aryl methyl sites for hydroxylation is 1. The number of nitro groups is 1. The third kappa shape index (κ3) is 10.4. The van der Waals surface area contributed by atoms with Gasteiger partial charge in [0.1, 0.15) is 5.82 Å². The number of hydrazine groups is 1. The van der Waals surface area contributed by atoms with Gasteiger partial charge in [0, 0.05) is 19.6 Å². The van der Waals surface area contributed by atoms with Gasteiger partial charge in [-0.2, -0.15) is 0 Å². The predicted octanol–water partition coefficient (Wildman–Crippen LogP) is 1.84. The van der Waals surface area contributed by atoms with Crippen molar-refractivity contribution < 1.29 is 14.2 Å². The summed E-state index contributed by atoms with van der Waals surface area (Å²) in [6, 6.07) is 4.35. The lowest BCUT2D eigenvalue weighted by molar-refractivity contribution is -0.525. The molecule has 0 spiro atoms. The minimum Gasteiger partial charge on any atom is -0.355 e. The Morgan fingerprint density at radius 1 is 1.24 bits per heavy atom. The molecule has 5 N–H and O–H groups in total. The maximum Gasteiger partial charge on any atom is 0.251 e. The Kier molecular flexibility index (Phi) is 10.6. The lowest BCUT2D eigenvalue weighted by Gasteiger charge is -2.19. The first-order chi connectivity index (χ1) is 13.7. The van der Waals surface area contributed by atoms with Gasteiger partial charge in [-0.05, 0) is 49.3 Å². The van der Waals surface area contributed by atoms with Gasteiger partial charge in [-0.1, -0.05) is 31.4 Å². The number of hydrogen-bond acceptors (Lipinski definition) is 5. The molecule has 1 atom stereocenters. The molecule has 10 heteroatoms.